The zero-order chi connectivity index (χ0) is 14.3. The molecule has 3 aromatic rings. The van der Waals surface area contributed by atoms with Crippen LogP contribution in [0.3, 0.4) is 0 Å². The first-order valence-corrected chi connectivity index (χ1v) is 6.62. The van der Waals surface area contributed by atoms with Crippen LogP contribution in [0, 0.1) is 10.1 Å². The van der Waals surface area contributed by atoms with Crippen molar-refractivity contribution >= 4 is 39.7 Å². The molecule has 102 valence electrons. The summed E-state index contributed by atoms with van der Waals surface area (Å²) in [6.45, 7) is 0.206. The zero-order valence-electron chi connectivity index (χ0n) is 9.78. The molecule has 0 fully saturated rings. The monoisotopic (exact) mass is 311 g/mol. The minimum Gasteiger partial charge on any atom is -0.408 e. The van der Waals surface area contributed by atoms with Gasteiger partial charge in [0, 0.05) is 23.2 Å². The van der Waals surface area contributed by atoms with Gasteiger partial charge in [0.15, 0.2) is 10.0 Å². The topological polar surface area (TPSA) is 91.2 Å². The van der Waals surface area contributed by atoms with Crippen molar-refractivity contribution in [3.63, 3.8) is 0 Å². The number of rotatable bonds is 3. The fourth-order valence-electron chi connectivity index (χ4n) is 1.83. The summed E-state index contributed by atoms with van der Waals surface area (Å²) in [5, 5.41) is 10.8. The van der Waals surface area contributed by atoms with Gasteiger partial charge in [-0.1, -0.05) is 11.6 Å². The molecule has 7 nitrogen and oxygen atoms in total. The van der Waals surface area contributed by atoms with E-state index in [1.807, 2.05) is 0 Å². The minimum absolute atomic E-state index is 0.102. The van der Waals surface area contributed by atoms with Crippen LogP contribution in [0.1, 0.15) is 4.88 Å². The number of nitrogens with zero attached hydrogens (tertiary/aromatic N) is 3. The van der Waals surface area contributed by atoms with E-state index in [-0.39, 0.29) is 12.2 Å². The van der Waals surface area contributed by atoms with Crippen LogP contribution in [-0.2, 0) is 6.54 Å². The number of oxazole rings is 1. The van der Waals surface area contributed by atoms with Crippen LogP contribution < -0.4 is 5.76 Å². The maximum atomic E-state index is 11.8. The van der Waals surface area contributed by atoms with Gasteiger partial charge in [-0.3, -0.25) is 14.7 Å². The summed E-state index contributed by atoms with van der Waals surface area (Å²) in [6.07, 6.45) is 1.55. The van der Waals surface area contributed by atoms with E-state index in [1.165, 1.54) is 34.1 Å². The Bertz CT molecular complexity index is 866. The van der Waals surface area contributed by atoms with Gasteiger partial charge in [0.25, 0.3) is 5.69 Å². The second kappa shape index (κ2) is 4.73. The lowest BCUT2D eigenvalue weighted by Gasteiger charge is -1.98. The maximum absolute atomic E-state index is 11.8. The Morgan fingerprint density at radius 2 is 2.30 bits per heavy atom. The van der Waals surface area contributed by atoms with E-state index < -0.39 is 10.7 Å². The predicted molar refractivity (Wildman–Crippen MR) is 73.4 cm³/mol. The Labute approximate surface area is 120 Å². The number of aromatic nitrogens is 2. The number of hydrogen-bond donors (Lipinski definition) is 0. The van der Waals surface area contributed by atoms with Gasteiger partial charge < -0.3 is 4.42 Å². The van der Waals surface area contributed by atoms with Gasteiger partial charge in [-0.15, -0.1) is 11.3 Å². The molecule has 2 aromatic heterocycles. The molecule has 0 unspecified atom stereocenters. The van der Waals surface area contributed by atoms with E-state index in [9.17, 15) is 14.9 Å². The number of non-ortho nitro benzene ring substituents is 1. The average Bonchev–Trinajstić information content (AvgIpc) is 2.94. The Kier molecular flexibility index (Phi) is 3.03. The smallest absolute Gasteiger partial charge is 0.408 e. The van der Waals surface area contributed by atoms with E-state index in [0.717, 1.165) is 4.88 Å². The van der Waals surface area contributed by atoms with Crippen molar-refractivity contribution < 1.29 is 9.34 Å². The molecule has 0 aliphatic carbocycles. The summed E-state index contributed by atoms with van der Waals surface area (Å²) in [7, 11) is 0. The predicted octanol–water partition coefficient (Wildman–Crippen LogP) is 2.66. The summed E-state index contributed by atoms with van der Waals surface area (Å²) < 4.78 is 6.73. The SMILES string of the molecule is O=c1oc2ccc([N+](=O)[O-])cc2n1Cc1cnc(Cl)s1. The van der Waals surface area contributed by atoms with E-state index >= 15 is 0 Å². The molecule has 0 atom stereocenters. The van der Waals surface area contributed by atoms with Crippen molar-refractivity contribution in [2.24, 2.45) is 0 Å². The largest absolute Gasteiger partial charge is 0.420 e. The molecule has 9 heteroatoms. The third-order valence-electron chi connectivity index (χ3n) is 2.70. The first kappa shape index (κ1) is 12.8. The highest BCUT2D eigenvalue weighted by Crippen LogP contribution is 2.23. The Hall–Kier alpha value is -2.19. The van der Waals surface area contributed by atoms with Gasteiger partial charge in [-0.05, 0) is 6.07 Å². The third kappa shape index (κ3) is 2.19. The van der Waals surface area contributed by atoms with Gasteiger partial charge >= 0.3 is 5.76 Å². The summed E-state index contributed by atoms with van der Waals surface area (Å²) >= 11 is 6.97. The molecular formula is C11H6ClN3O4S. The highest BCUT2D eigenvalue weighted by molar-refractivity contribution is 7.15. The lowest BCUT2D eigenvalue weighted by Crippen LogP contribution is -2.14. The van der Waals surface area contributed by atoms with Crippen molar-refractivity contribution in [1.82, 2.24) is 9.55 Å². The van der Waals surface area contributed by atoms with Crippen LogP contribution in [0.15, 0.2) is 33.6 Å². The van der Waals surface area contributed by atoms with Gasteiger partial charge in [0.1, 0.15) is 0 Å². The normalized spacial score (nSPS) is 11.1. The molecule has 0 N–H and O–H groups in total. The molecule has 20 heavy (non-hydrogen) atoms. The number of hydrogen-bond acceptors (Lipinski definition) is 6. The fraction of sp³-hybridized carbons (Fsp3) is 0.0909. The molecule has 0 spiro atoms. The van der Waals surface area contributed by atoms with Crippen molar-refractivity contribution in [3.05, 3.63) is 54.4 Å². The van der Waals surface area contributed by atoms with Gasteiger partial charge in [-0.25, -0.2) is 9.78 Å². The molecule has 1 aromatic carbocycles. The van der Waals surface area contributed by atoms with E-state index in [2.05, 4.69) is 4.98 Å². The van der Waals surface area contributed by atoms with Crippen LogP contribution in [-0.4, -0.2) is 14.5 Å². The van der Waals surface area contributed by atoms with Crippen LogP contribution in [0.2, 0.25) is 4.47 Å². The standard InChI is InChI=1S/C11H6ClN3O4S/c12-10-13-4-7(20-10)5-14-8-3-6(15(17)18)1-2-9(8)19-11(14)16/h1-4H,5H2. The van der Waals surface area contributed by atoms with Crippen molar-refractivity contribution in [2.45, 2.75) is 6.54 Å². The molecule has 0 radical (unpaired) electrons. The van der Waals surface area contributed by atoms with E-state index in [0.29, 0.717) is 15.6 Å². The number of benzene rings is 1. The van der Waals surface area contributed by atoms with E-state index in [1.54, 1.807) is 6.20 Å². The number of halogens is 1. The van der Waals surface area contributed by atoms with Gasteiger partial charge in [0.05, 0.1) is 17.0 Å². The minimum atomic E-state index is -0.579. The number of fused-ring (bicyclic) bond motifs is 1. The maximum Gasteiger partial charge on any atom is 0.420 e. The second-order valence-electron chi connectivity index (χ2n) is 3.94. The summed E-state index contributed by atoms with van der Waals surface area (Å²) in [6, 6.07) is 4.01. The fourth-order valence-corrected chi connectivity index (χ4v) is 2.79. The lowest BCUT2D eigenvalue weighted by atomic mass is 10.3. The summed E-state index contributed by atoms with van der Waals surface area (Å²) in [5.41, 5.74) is 0.569. The van der Waals surface area contributed by atoms with Gasteiger partial charge in [-0.2, -0.15) is 0 Å². The highest BCUT2D eigenvalue weighted by Gasteiger charge is 2.15. The first-order chi connectivity index (χ1) is 9.54. The molecular weight excluding hydrogens is 306 g/mol. The zero-order valence-corrected chi connectivity index (χ0v) is 11.3. The molecule has 2 heterocycles. The Morgan fingerprint density at radius 1 is 1.50 bits per heavy atom. The first-order valence-electron chi connectivity index (χ1n) is 5.42. The van der Waals surface area contributed by atoms with Crippen molar-refractivity contribution in [1.29, 1.82) is 0 Å². The third-order valence-corrected chi connectivity index (χ3v) is 3.80. The molecule has 0 saturated carbocycles. The average molecular weight is 312 g/mol. The Balaban J connectivity index is 2.13. The van der Waals surface area contributed by atoms with Crippen LogP contribution >= 0.6 is 22.9 Å². The second-order valence-corrected chi connectivity index (χ2v) is 5.64. The Morgan fingerprint density at radius 3 is 2.95 bits per heavy atom. The lowest BCUT2D eigenvalue weighted by molar-refractivity contribution is -0.384. The number of nitro benzene ring substituents is 1. The molecule has 0 aliphatic rings. The quantitative estimate of drug-likeness (QED) is 0.548. The molecule has 0 amide bonds. The summed E-state index contributed by atoms with van der Waals surface area (Å²) in [4.78, 5) is 26.7. The van der Waals surface area contributed by atoms with Crippen LogP contribution in [0.4, 0.5) is 5.69 Å². The molecule has 0 aliphatic heterocycles. The summed E-state index contributed by atoms with van der Waals surface area (Å²) in [5.74, 6) is -0.579. The molecule has 0 bridgehead atoms. The number of thiazole rings is 1. The molecule has 3 rings (SSSR count). The van der Waals surface area contributed by atoms with Crippen molar-refractivity contribution in [2.75, 3.05) is 0 Å². The van der Waals surface area contributed by atoms with Crippen LogP contribution in [0.25, 0.3) is 11.1 Å². The van der Waals surface area contributed by atoms with Crippen molar-refractivity contribution in [3.8, 4) is 0 Å². The highest BCUT2D eigenvalue weighted by atomic mass is 35.5. The molecule has 0 saturated heterocycles. The number of nitro groups is 1. The van der Waals surface area contributed by atoms with Crippen LogP contribution in [0.5, 0.6) is 0 Å². The van der Waals surface area contributed by atoms with E-state index in [4.69, 9.17) is 16.0 Å². The van der Waals surface area contributed by atoms with Gasteiger partial charge in [0.2, 0.25) is 0 Å².